The number of likely N-dealkylation sites (tertiary alicyclic amines) is 1. The van der Waals surface area contributed by atoms with E-state index in [-0.39, 0.29) is 23.8 Å². The van der Waals surface area contributed by atoms with Gasteiger partial charge in [-0.2, -0.15) is 5.10 Å². The van der Waals surface area contributed by atoms with Crippen molar-refractivity contribution >= 4 is 11.8 Å². The maximum Gasteiger partial charge on any atom is 0.271 e. The van der Waals surface area contributed by atoms with Crippen LogP contribution in [0.3, 0.4) is 0 Å². The molecule has 1 saturated heterocycles. The van der Waals surface area contributed by atoms with Crippen LogP contribution in [-0.4, -0.2) is 46.0 Å². The molecule has 6 nitrogen and oxygen atoms in total. The van der Waals surface area contributed by atoms with Gasteiger partial charge in [0, 0.05) is 30.6 Å². The van der Waals surface area contributed by atoms with Crippen molar-refractivity contribution < 1.29 is 9.59 Å². The molecule has 2 aromatic rings. The molecule has 0 spiro atoms. The highest BCUT2D eigenvalue weighted by molar-refractivity contribution is 5.93. The SMILES string of the molecule is CC(C)C(C)NC(=O)C1CCN(C(=O)c2cc(-c3ccccc3)n[nH]2)CC1. The molecule has 2 amide bonds. The quantitative estimate of drug-likeness (QED) is 0.851. The molecule has 1 aromatic carbocycles. The Bertz CT molecular complexity index is 776. The normalized spacial score (nSPS) is 16.4. The molecule has 0 saturated carbocycles. The topological polar surface area (TPSA) is 78.1 Å². The third-order valence-corrected chi connectivity index (χ3v) is 5.40. The molecule has 144 valence electrons. The van der Waals surface area contributed by atoms with Gasteiger partial charge in [0.25, 0.3) is 5.91 Å². The van der Waals surface area contributed by atoms with Gasteiger partial charge >= 0.3 is 0 Å². The van der Waals surface area contributed by atoms with E-state index in [4.69, 9.17) is 0 Å². The molecule has 6 heteroatoms. The van der Waals surface area contributed by atoms with E-state index in [2.05, 4.69) is 29.4 Å². The second kappa shape index (κ2) is 8.37. The summed E-state index contributed by atoms with van der Waals surface area (Å²) in [4.78, 5) is 26.9. The van der Waals surface area contributed by atoms with Crippen LogP contribution >= 0.6 is 0 Å². The van der Waals surface area contributed by atoms with Crippen LogP contribution in [-0.2, 0) is 4.79 Å². The molecule has 3 rings (SSSR count). The highest BCUT2D eigenvalue weighted by Crippen LogP contribution is 2.21. The van der Waals surface area contributed by atoms with Crippen molar-refractivity contribution in [2.75, 3.05) is 13.1 Å². The Morgan fingerprint density at radius 3 is 2.44 bits per heavy atom. The number of piperidine rings is 1. The molecule has 0 aliphatic carbocycles. The summed E-state index contributed by atoms with van der Waals surface area (Å²) in [5.41, 5.74) is 2.23. The Morgan fingerprint density at radius 2 is 1.81 bits per heavy atom. The summed E-state index contributed by atoms with van der Waals surface area (Å²) in [6.45, 7) is 7.41. The summed E-state index contributed by atoms with van der Waals surface area (Å²) in [7, 11) is 0. The third-order valence-electron chi connectivity index (χ3n) is 5.40. The zero-order chi connectivity index (χ0) is 19.4. The zero-order valence-electron chi connectivity index (χ0n) is 16.2. The first-order chi connectivity index (χ1) is 13.0. The monoisotopic (exact) mass is 368 g/mol. The summed E-state index contributed by atoms with van der Waals surface area (Å²) in [6.07, 6.45) is 1.39. The molecule has 0 bridgehead atoms. The van der Waals surface area contributed by atoms with Crippen LogP contribution in [0.2, 0.25) is 0 Å². The minimum absolute atomic E-state index is 0.0168. The number of carbonyl (C=O) groups excluding carboxylic acids is 2. The largest absolute Gasteiger partial charge is 0.353 e. The van der Waals surface area contributed by atoms with E-state index in [0.717, 1.165) is 11.3 Å². The standard InChI is InChI=1S/C21H28N4O2/c1-14(2)15(3)22-20(26)17-9-11-25(12-10-17)21(27)19-13-18(23-24-19)16-7-5-4-6-8-16/h4-8,13-15,17H,9-12H2,1-3H3,(H,22,26)(H,23,24). The van der Waals surface area contributed by atoms with Gasteiger partial charge in [0.2, 0.25) is 5.91 Å². The first-order valence-electron chi connectivity index (χ1n) is 9.66. The van der Waals surface area contributed by atoms with Crippen LogP contribution in [0.5, 0.6) is 0 Å². The third kappa shape index (κ3) is 4.56. The Labute approximate surface area is 160 Å². The fraction of sp³-hybridized carbons (Fsp3) is 0.476. The summed E-state index contributed by atoms with van der Waals surface area (Å²) in [5.74, 6) is 0.446. The summed E-state index contributed by atoms with van der Waals surface area (Å²) >= 11 is 0. The fourth-order valence-electron chi connectivity index (χ4n) is 3.21. The van der Waals surface area contributed by atoms with E-state index < -0.39 is 0 Å². The van der Waals surface area contributed by atoms with Gasteiger partial charge in [0.15, 0.2) is 0 Å². The molecule has 1 fully saturated rings. The van der Waals surface area contributed by atoms with E-state index in [0.29, 0.717) is 37.5 Å². The number of hydrogen-bond acceptors (Lipinski definition) is 3. The smallest absolute Gasteiger partial charge is 0.271 e. The van der Waals surface area contributed by atoms with Crippen molar-refractivity contribution in [2.24, 2.45) is 11.8 Å². The van der Waals surface area contributed by atoms with Gasteiger partial charge in [-0.1, -0.05) is 44.2 Å². The highest BCUT2D eigenvalue weighted by atomic mass is 16.2. The highest BCUT2D eigenvalue weighted by Gasteiger charge is 2.29. The van der Waals surface area contributed by atoms with Crippen LogP contribution in [0.15, 0.2) is 36.4 Å². The Balaban J connectivity index is 1.56. The minimum Gasteiger partial charge on any atom is -0.353 e. The molecule has 1 aromatic heterocycles. The van der Waals surface area contributed by atoms with Crippen molar-refractivity contribution in [3.8, 4) is 11.3 Å². The van der Waals surface area contributed by atoms with E-state index in [1.54, 1.807) is 11.0 Å². The van der Waals surface area contributed by atoms with Gasteiger partial charge < -0.3 is 10.2 Å². The van der Waals surface area contributed by atoms with Gasteiger partial charge in [-0.25, -0.2) is 0 Å². The van der Waals surface area contributed by atoms with Crippen molar-refractivity contribution in [3.05, 3.63) is 42.1 Å². The Hall–Kier alpha value is -2.63. The molecule has 27 heavy (non-hydrogen) atoms. The van der Waals surface area contributed by atoms with Crippen LogP contribution in [0.25, 0.3) is 11.3 Å². The lowest BCUT2D eigenvalue weighted by atomic mass is 9.94. The molecule has 0 radical (unpaired) electrons. The second-order valence-electron chi connectivity index (χ2n) is 7.64. The van der Waals surface area contributed by atoms with Crippen molar-refractivity contribution in [1.82, 2.24) is 20.4 Å². The van der Waals surface area contributed by atoms with E-state index in [1.807, 2.05) is 37.3 Å². The number of aromatic amines is 1. The number of nitrogens with one attached hydrogen (secondary N) is 2. The molecule has 1 aliphatic heterocycles. The van der Waals surface area contributed by atoms with Gasteiger partial charge in [-0.15, -0.1) is 0 Å². The lowest BCUT2D eigenvalue weighted by molar-refractivity contribution is -0.127. The van der Waals surface area contributed by atoms with Crippen LogP contribution in [0, 0.1) is 11.8 Å². The average molecular weight is 368 g/mol. The lowest BCUT2D eigenvalue weighted by Gasteiger charge is -2.32. The Kier molecular flexibility index (Phi) is 5.94. The first-order valence-corrected chi connectivity index (χ1v) is 9.66. The summed E-state index contributed by atoms with van der Waals surface area (Å²) in [6, 6.07) is 11.7. The zero-order valence-corrected chi connectivity index (χ0v) is 16.2. The molecule has 2 heterocycles. The van der Waals surface area contributed by atoms with Crippen LogP contribution in [0.4, 0.5) is 0 Å². The number of amides is 2. The second-order valence-corrected chi connectivity index (χ2v) is 7.64. The first kappa shape index (κ1) is 19.1. The lowest BCUT2D eigenvalue weighted by Crippen LogP contribution is -2.45. The minimum atomic E-state index is -0.0564. The number of H-pyrrole nitrogens is 1. The summed E-state index contributed by atoms with van der Waals surface area (Å²) < 4.78 is 0. The predicted molar refractivity (Wildman–Crippen MR) is 105 cm³/mol. The molecule has 1 aliphatic rings. The van der Waals surface area contributed by atoms with Gasteiger partial charge in [-0.3, -0.25) is 14.7 Å². The maximum absolute atomic E-state index is 12.7. The fourth-order valence-corrected chi connectivity index (χ4v) is 3.21. The average Bonchev–Trinajstić information content (AvgIpc) is 3.18. The number of rotatable bonds is 5. The van der Waals surface area contributed by atoms with E-state index in [1.165, 1.54) is 0 Å². The van der Waals surface area contributed by atoms with Crippen molar-refractivity contribution in [1.29, 1.82) is 0 Å². The van der Waals surface area contributed by atoms with Gasteiger partial charge in [0.1, 0.15) is 5.69 Å². The van der Waals surface area contributed by atoms with E-state index in [9.17, 15) is 9.59 Å². The number of carbonyl (C=O) groups is 2. The number of aromatic nitrogens is 2. The maximum atomic E-state index is 12.7. The van der Waals surface area contributed by atoms with Crippen molar-refractivity contribution in [3.63, 3.8) is 0 Å². The molecular formula is C21H28N4O2. The molecule has 2 N–H and O–H groups in total. The van der Waals surface area contributed by atoms with Gasteiger partial charge in [0.05, 0.1) is 5.69 Å². The van der Waals surface area contributed by atoms with Gasteiger partial charge in [-0.05, 0) is 31.7 Å². The van der Waals surface area contributed by atoms with E-state index >= 15 is 0 Å². The molecule has 1 unspecified atom stereocenters. The molecule has 1 atom stereocenters. The Morgan fingerprint density at radius 1 is 1.15 bits per heavy atom. The molecular weight excluding hydrogens is 340 g/mol. The van der Waals surface area contributed by atoms with Crippen LogP contribution in [0.1, 0.15) is 44.1 Å². The number of nitrogens with zero attached hydrogens (tertiary/aromatic N) is 2. The van der Waals surface area contributed by atoms with Crippen LogP contribution < -0.4 is 5.32 Å². The summed E-state index contributed by atoms with van der Waals surface area (Å²) in [5, 5.41) is 10.2. The van der Waals surface area contributed by atoms with Crippen molar-refractivity contribution in [2.45, 2.75) is 39.7 Å². The number of hydrogen-bond donors (Lipinski definition) is 2. The predicted octanol–water partition coefficient (Wildman–Crippen LogP) is 3.09. The number of benzene rings is 1.